The van der Waals surface area contributed by atoms with E-state index in [1.165, 1.54) is 24.8 Å². The van der Waals surface area contributed by atoms with E-state index in [0.29, 0.717) is 17.1 Å². The van der Waals surface area contributed by atoms with Gasteiger partial charge in [0.15, 0.2) is 5.82 Å². The van der Waals surface area contributed by atoms with Crippen LogP contribution in [-0.4, -0.2) is 34.7 Å². The van der Waals surface area contributed by atoms with Crippen LogP contribution in [0.25, 0.3) is 11.4 Å². The minimum absolute atomic E-state index is 0.0566. The molecule has 0 radical (unpaired) electrons. The van der Waals surface area contributed by atoms with Gasteiger partial charge in [-0.3, -0.25) is 4.98 Å². The topological polar surface area (TPSA) is 87.0 Å². The Bertz CT molecular complexity index is 874. The summed E-state index contributed by atoms with van der Waals surface area (Å²) < 4.78 is 30.7. The molecule has 0 amide bonds. The fourth-order valence-corrected chi connectivity index (χ4v) is 2.86. The number of rotatable bonds is 4. The van der Waals surface area contributed by atoms with Crippen molar-refractivity contribution in [1.82, 2.24) is 19.2 Å². The van der Waals surface area contributed by atoms with Crippen LogP contribution in [0.1, 0.15) is 0 Å². The molecular formula is C14H12N4O3S. The molecule has 0 aliphatic rings. The molecule has 3 aromatic rings. The first-order chi connectivity index (χ1) is 10.6. The monoisotopic (exact) mass is 316 g/mol. The maximum absolute atomic E-state index is 12.4. The molecule has 7 nitrogen and oxygen atoms in total. The molecule has 0 aliphatic heterocycles. The number of pyridine rings is 1. The van der Waals surface area contributed by atoms with E-state index < -0.39 is 10.0 Å². The highest BCUT2D eigenvalue weighted by atomic mass is 32.2. The van der Waals surface area contributed by atoms with Gasteiger partial charge < -0.3 is 4.74 Å². The molecule has 1 aromatic carbocycles. The van der Waals surface area contributed by atoms with Gasteiger partial charge in [-0.15, -0.1) is 9.19 Å². The van der Waals surface area contributed by atoms with Crippen molar-refractivity contribution in [2.24, 2.45) is 0 Å². The molecule has 2 aromatic heterocycles. The summed E-state index contributed by atoms with van der Waals surface area (Å²) >= 11 is 0. The number of benzene rings is 1. The van der Waals surface area contributed by atoms with Gasteiger partial charge in [0.05, 0.1) is 7.11 Å². The van der Waals surface area contributed by atoms with Crippen molar-refractivity contribution in [1.29, 1.82) is 0 Å². The molecule has 0 saturated heterocycles. The number of nitrogens with zero attached hydrogens (tertiary/aromatic N) is 4. The summed E-state index contributed by atoms with van der Waals surface area (Å²) in [5, 5.41) is 4.03. The van der Waals surface area contributed by atoms with E-state index in [0.717, 1.165) is 4.09 Å². The van der Waals surface area contributed by atoms with E-state index in [-0.39, 0.29) is 4.90 Å². The van der Waals surface area contributed by atoms with Crippen molar-refractivity contribution in [3.05, 3.63) is 55.1 Å². The van der Waals surface area contributed by atoms with E-state index in [4.69, 9.17) is 4.74 Å². The predicted octanol–water partition coefficient (Wildman–Crippen LogP) is 1.59. The maximum atomic E-state index is 12.4. The predicted molar refractivity (Wildman–Crippen MR) is 78.8 cm³/mol. The fraction of sp³-hybridized carbons (Fsp3) is 0.0714. The summed E-state index contributed by atoms with van der Waals surface area (Å²) in [6.07, 6.45) is 3.94. The average molecular weight is 316 g/mol. The van der Waals surface area contributed by atoms with Crippen molar-refractivity contribution in [3.63, 3.8) is 0 Å². The molecule has 2 heterocycles. The van der Waals surface area contributed by atoms with Gasteiger partial charge in [-0.2, -0.15) is 8.42 Å². The largest absolute Gasteiger partial charge is 0.497 e. The van der Waals surface area contributed by atoms with Crippen LogP contribution in [0.15, 0.2) is 60.0 Å². The van der Waals surface area contributed by atoms with Gasteiger partial charge in [-0.25, -0.2) is 4.98 Å². The summed E-state index contributed by atoms with van der Waals surface area (Å²) in [7, 11) is -2.21. The second kappa shape index (κ2) is 5.57. The molecule has 0 atom stereocenters. The first-order valence-electron chi connectivity index (χ1n) is 6.33. The quantitative estimate of drug-likeness (QED) is 0.726. The molecule has 0 spiro atoms. The summed E-state index contributed by atoms with van der Waals surface area (Å²) in [5.41, 5.74) is 0.695. The Morgan fingerprint density at radius 2 is 1.91 bits per heavy atom. The number of hydrogen-bond donors (Lipinski definition) is 0. The SMILES string of the molecule is COc1ccc(-c2ncn(S(=O)(=O)c3cccnc3)n2)cc1. The van der Waals surface area contributed by atoms with Crippen molar-refractivity contribution >= 4 is 10.0 Å². The molecule has 112 valence electrons. The Labute approximate surface area is 127 Å². The van der Waals surface area contributed by atoms with Gasteiger partial charge >= 0.3 is 0 Å². The van der Waals surface area contributed by atoms with Crippen LogP contribution in [-0.2, 0) is 10.0 Å². The Hall–Kier alpha value is -2.74. The first-order valence-corrected chi connectivity index (χ1v) is 7.77. The standard InChI is InChI=1S/C14H12N4O3S/c1-21-12-6-4-11(5-7-12)14-16-10-18(17-14)22(19,20)13-3-2-8-15-9-13/h2-10H,1H3. The van der Waals surface area contributed by atoms with E-state index in [1.54, 1.807) is 37.4 Å². The zero-order valence-electron chi connectivity index (χ0n) is 11.6. The van der Waals surface area contributed by atoms with Crippen LogP contribution in [0.2, 0.25) is 0 Å². The first kappa shape index (κ1) is 14.2. The van der Waals surface area contributed by atoms with Crippen molar-refractivity contribution in [2.45, 2.75) is 4.90 Å². The molecule has 22 heavy (non-hydrogen) atoms. The Morgan fingerprint density at radius 3 is 2.55 bits per heavy atom. The third-order valence-corrected chi connectivity index (χ3v) is 4.50. The molecule has 0 unspecified atom stereocenters. The lowest BCUT2D eigenvalue weighted by atomic mass is 10.2. The Balaban J connectivity index is 1.96. The smallest absolute Gasteiger partial charge is 0.285 e. The summed E-state index contributed by atoms with van der Waals surface area (Å²) in [5.74, 6) is 1.02. The lowest BCUT2D eigenvalue weighted by Gasteiger charge is -2.02. The van der Waals surface area contributed by atoms with E-state index in [2.05, 4.69) is 15.1 Å². The summed E-state index contributed by atoms with van der Waals surface area (Å²) in [6.45, 7) is 0. The Kier molecular flexibility index (Phi) is 3.60. The van der Waals surface area contributed by atoms with E-state index in [1.807, 2.05) is 0 Å². The van der Waals surface area contributed by atoms with Crippen LogP contribution >= 0.6 is 0 Å². The molecule has 0 saturated carbocycles. The number of ether oxygens (including phenoxy) is 1. The molecule has 0 bridgehead atoms. The minimum atomic E-state index is -3.78. The lowest BCUT2D eigenvalue weighted by molar-refractivity contribution is 0.415. The highest BCUT2D eigenvalue weighted by Gasteiger charge is 2.19. The third-order valence-electron chi connectivity index (χ3n) is 3.00. The second-order valence-electron chi connectivity index (χ2n) is 4.36. The van der Waals surface area contributed by atoms with E-state index in [9.17, 15) is 8.42 Å². The van der Waals surface area contributed by atoms with Crippen molar-refractivity contribution in [2.75, 3.05) is 7.11 Å². The molecule has 3 rings (SSSR count). The zero-order chi connectivity index (χ0) is 15.6. The van der Waals surface area contributed by atoms with Gasteiger partial charge in [-0.05, 0) is 36.4 Å². The summed E-state index contributed by atoms with van der Waals surface area (Å²) in [6, 6.07) is 10.0. The van der Waals surface area contributed by atoms with Gasteiger partial charge in [-0.1, -0.05) is 0 Å². The summed E-state index contributed by atoms with van der Waals surface area (Å²) in [4.78, 5) is 7.91. The number of aromatic nitrogens is 4. The van der Waals surface area contributed by atoms with Crippen molar-refractivity contribution in [3.8, 4) is 17.1 Å². The number of hydrogen-bond acceptors (Lipinski definition) is 6. The molecule has 0 fully saturated rings. The normalized spacial score (nSPS) is 11.3. The molecule has 8 heteroatoms. The van der Waals surface area contributed by atoms with Crippen molar-refractivity contribution < 1.29 is 13.2 Å². The zero-order valence-corrected chi connectivity index (χ0v) is 12.4. The highest BCUT2D eigenvalue weighted by molar-refractivity contribution is 7.89. The fourth-order valence-electron chi connectivity index (χ4n) is 1.84. The Morgan fingerprint density at radius 1 is 1.14 bits per heavy atom. The van der Waals surface area contributed by atoms with Gasteiger partial charge in [0.25, 0.3) is 10.0 Å². The van der Waals surface area contributed by atoms with Gasteiger partial charge in [0.1, 0.15) is 17.0 Å². The van der Waals surface area contributed by atoms with Gasteiger partial charge in [0.2, 0.25) is 0 Å². The van der Waals surface area contributed by atoms with Gasteiger partial charge in [0, 0.05) is 18.0 Å². The minimum Gasteiger partial charge on any atom is -0.497 e. The molecule has 0 N–H and O–H groups in total. The molecular weight excluding hydrogens is 304 g/mol. The van der Waals surface area contributed by atoms with E-state index >= 15 is 0 Å². The van der Waals surface area contributed by atoms with Crippen LogP contribution < -0.4 is 4.74 Å². The lowest BCUT2D eigenvalue weighted by Crippen LogP contribution is -2.13. The molecule has 0 aliphatic carbocycles. The maximum Gasteiger partial charge on any atom is 0.285 e. The average Bonchev–Trinajstić information content (AvgIpc) is 3.06. The second-order valence-corrected chi connectivity index (χ2v) is 6.16. The third kappa shape index (κ3) is 2.56. The van der Waals surface area contributed by atoms with Crippen LogP contribution in [0.4, 0.5) is 0 Å². The van der Waals surface area contributed by atoms with Crippen LogP contribution in [0.5, 0.6) is 5.75 Å². The van der Waals surface area contributed by atoms with Crippen LogP contribution in [0, 0.1) is 0 Å². The van der Waals surface area contributed by atoms with Crippen LogP contribution in [0.3, 0.4) is 0 Å². The highest BCUT2D eigenvalue weighted by Crippen LogP contribution is 2.20. The number of methoxy groups -OCH3 is 1.